The van der Waals surface area contributed by atoms with E-state index in [2.05, 4.69) is 0 Å². The monoisotopic (exact) mass is 213 g/mol. The lowest BCUT2D eigenvalue weighted by Crippen LogP contribution is -2.24. The Bertz CT molecular complexity index is 312. The van der Waals surface area contributed by atoms with E-state index in [4.69, 9.17) is 9.84 Å². The lowest BCUT2D eigenvalue weighted by atomic mass is 10.3. The van der Waals surface area contributed by atoms with E-state index in [-0.39, 0.29) is 18.8 Å². The summed E-state index contributed by atoms with van der Waals surface area (Å²) in [6.45, 7) is 0.951. The molecule has 1 aromatic rings. The fourth-order valence-corrected chi connectivity index (χ4v) is 2.11. The molecule has 0 spiro atoms. The van der Waals surface area contributed by atoms with Crippen LogP contribution < -0.4 is 0 Å². The first-order valence-electron chi connectivity index (χ1n) is 4.38. The number of hydrogen-bond acceptors (Lipinski definition) is 4. The molecular formula is C9H11NO3S. The third-order valence-electron chi connectivity index (χ3n) is 2.08. The van der Waals surface area contributed by atoms with Crippen LogP contribution in [0, 0.1) is 0 Å². The van der Waals surface area contributed by atoms with Gasteiger partial charge in [0.25, 0.3) is 0 Å². The first-order chi connectivity index (χ1) is 6.79. The summed E-state index contributed by atoms with van der Waals surface area (Å²) in [5.41, 5.74) is 0. The molecule has 0 bridgehead atoms. The lowest BCUT2D eigenvalue weighted by Gasteiger charge is -2.10. The number of rotatable bonds is 3. The minimum atomic E-state index is -0.359. The second kappa shape index (κ2) is 3.98. The highest BCUT2D eigenvalue weighted by Gasteiger charge is 2.30. The van der Waals surface area contributed by atoms with Gasteiger partial charge in [-0.1, -0.05) is 6.07 Å². The van der Waals surface area contributed by atoms with Crippen LogP contribution in [0.1, 0.15) is 4.88 Å². The predicted octanol–water partition coefficient (Wildman–Crippen LogP) is 1.06. The first-order valence-corrected chi connectivity index (χ1v) is 5.26. The van der Waals surface area contributed by atoms with Gasteiger partial charge in [-0.05, 0) is 11.4 Å². The summed E-state index contributed by atoms with van der Waals surface area (Å²) in [4.78, 5) is 14.0. The van der Waals surface area contributed by atoms with Gasteiger partial charge in [0.1, 0.15) is 6.10 Å². The molecule has 2 heterocycles. The van der Waals surface area contributed by atoms with E-state index in [0.717, 1.165) is 4.88 Å². The Morgan fingerprint density at radius 3 is 3.14 bits per heavy atom. The van der Waals surface area contributed by atoms with Crippen LogP contribution in [0.3, 0.4) is 0 Å². The van der Waals surface area contributed by atoms with Crippen LogP contribution in [0.5, 0.6) is 0 Å². The zero-order valence-corrected chi connectivity index (χ0v) is 8.37. The zero-order chi connectivity index (χ0) is 9.97. The molecule has 1 aliphatic rings. The van der Waals surface area contributed by atoms with E-state index in [0.29, 0.717) is 13.1 Å². The van der Waals surface area contributed by atoms with E-state index in [1.54, 1.807) is 16.2 Å². The molecule has 1 atom stereocenters. The van der Waals surface area contributed by atoms with Crippen molar-refractivity contribution in [3.63, 3.8) is 0 Å². The van der Waals surface area contributed by atoms with E-state index in [1.165, 1.54) is 0 Å². The summed E-state index contributed by atoms with van der Waals surface area (Å²) in [6, 6.07) is 3.93. The molecule has 1 amide bonds. The van der Waals surface area contributed by atoms with E-state index in [9.17, 15) is 4.79 Å². The maximum absolute atomic E-state index is 11.3. The van der Waals surface area contributed by atoms with Crippen molar-refractivity contribution in [2.75, 3.05) is 13.2 Å². The Kier molecular flexibility index (Phi) is 2.69. The molecule has 1 aromatic heterocycles. The van der Waals surface area contributed by atoms with Gasteiger partial charge < -0.3 is 9.84 Å². The molecule has 1 saturated heterocycles. The highest BCUT2D eigenvalue weighted by molar-refractivity contribution is 7.09. The molecule has 0 unspecified atom stereocenters. The van der Waals surface area contributed by atoms with Gasteiger partial charge in [-0.3, -0.25) is 4.90 Å². The number of hydrogen-bond donors (Lipinski definition) is 1. The number of carbonyl (C=O) groups is 1. The number of aliphatic hydroxyl groups excluding tert-OH is 1. The molecule has 0 aliphatic carbocycles. The van der Waals surface area contributed by atoms with Gasteiger partial charge in [-0.2, -0.15) is 0 Å². The summed E-state index contributed by atoms with van der Waals surface area (Å²) in [5, 5.41) is 10.8. The van der Waals surface area contributed by atoms with Crippen molar-refractivity contribution >= 4 is 17.4 Å². The standard InChI is InChI=1S/C9H11NO3S/c11-6-7-4-10(9(12)13-7)5-8-2-1-3-14-8/h1-3,7,11H,4-6H2/t7-/m1/s1. The molecule has 1 aliphatic heterocycles. The van der Waals surface area contributed by atoms with Gasteiger partial charge >= 0.3 is 6.09 Å². The van der Waals surface area contributed by atoms with Crippen LogP contribution in [0.4, 0.5) is 4.79 Å². The average Bonchev–Trinajstić information content (AvgIpc) is 2.78. The molecule has 14 heavy (non-hydrogen) atoms. The van der Waals surface area contributed by atoms with Crippen molar-refractivity contribution in [2.24, 2.45) is 0 Å². The Morgan fingerprint density at radius 2 is 2.57 bits per heavy atom. The molecule has 2 rings (SSSR count). The summed E-state index contributed by atoms with van der Waals surface area (Å²) in [7, 11) is 0. The lowest BCUT2D eigenvalue weighted by molar-refractivity contribution is 0.0947. The third kappa shape index (κ3) is 1.88. The number of carbonyl (C=O) groups excluding carboxylic acids is 1. The molecule has 0 saturated carbocycles. The molecular weight excluding hydrogens is 202 g/mol. The Hall–Kier alpha value is -1.07. The predicted molar refractivity (Wildman–Crippen MR) is 52.1 cm³/mol. The zero-order valence-electron chi connectivity index (χ0n) is 7.55. The van der Waals surface area contributed by atoms with Crippen molar-refractivity contribution in [3.05, 3.63) is 22.4 Å². The van der Waals surface area contributed by atoms with Gasteiger partial charge in [0, 0.05) is 4.88 Å². The Balaban J connectivity index is 1.96. The minimum absolute atomic E-state index is 0.104. The molecule has 0 radical (unpaired) electrons. The second-order valence-corrected chi connectivity index (χ2v) is 4.18. The van der Waals surface area contributed by atoms with Gasteiger partial charge in [-0.15, -0.1) is 11.3 Å². The van der Waals surface area contributed by atoms with Crippen molar-refractivity contribution in [2.45, 2.75) is 12.6 Å². The maximum atomic E-state index is 11.3. The number of amides is 1. The average molecular weight is 213 g/mol. The normalized spacial score (nSPS) is 21.4. The van der Waals surface area contributed by atoms with Crippen molar-refractivity contribution in [1.82, 2.24) is 4.90 Å². The smallest absolute Gasteiger partial charge is 0.410 e. The molecule has 0 aromatic carbocycles. The topological polar surface area (TPSA) is 49.8 Å². The summed E-state index contributed by atoms with van der Waals surface area (Å²) < 4.78 is 4.91. The highest BCUT2D eigenvalue weighted by atomic mass is 32.1. The van der Waals surface area contributed by atoms with Crippen molar-refractivity contribution in [3.8, 4) is 0 Å². The van der Waals surface area contributed by atoms with Gasteiger partial charge in [-0.25, -0.2) is 4.79 Å². The first kappa shape index (κ1) is 9.48. The number of cyclic esters (lactones) is 1. The summed E-state index contributed by atoms with van der Waals surface area (Å²) in [5.74, 6) is 0. The maximum Gasteiger partial charge on any atom is 0.410 e. The molecule has 1 fully saturated rings. The fourth-order valence-electron chi connectivity index (χ4n) is 1.39. The van der Waals surface area contributed by atoms with Crippen LogP contribution >= 0.6 is 11.3 Å². The Morgan fingerprint density at radius 1 is 1.71 bits per heavy atom. The number of aliphatic hydroxyl groups is 1. The van der Waals surface area contributed by atoms with Gasteiger partial charge in [0.15, 0.2) is 0 Å². The Labute approximate surface area is 85.7 Å². The van der Waals surface area contributed by atoms with Crippen LogP contribution in [0.15, 0.2) is 17.5 Å². The van der Waals surface area contributed by atoms with Crippen molar-refractivity contribution in [1.29, 1.82) is 0 Å². The van der Waals surface area contributed by atoms with Crippen molar-refractivity contribution < 1.29 is 14.6 Å². The molecule has 76 valence electrons. The molecule has 5 heteroatoms. The second-order valence-electron chi connectivity index (χ2n) is 3.15. The van der Waals surface area contributed by atoms with Crippen LogP contribution in [0.2, 0.25) is 0 Å². The largest absolute Gasteiger partial charge is 0.442 e. The van der Waals surface area contributed by atoms with E-state index in [1.807, 2.05) is 17.5 Å². The quantitative estimate of drug-likeness (QED) is 0.816. The molecule has 1 N–H and O–H groups in total. The highest BCUT2D eigenvalue weighted by Crippen LogP contribution is 2.17. The minimum Gasteiger partial charge on any atom is -0.442 e. The third-order valence-corrected chi connectivity index (χ3v) is 2.94. The van der Waals surface area contributed by atoms with E-state index >= 15 is 0 Å². The number of ether oxygens (including phenoxy) is 1. The van der Waals surface area contributed by atoms with Gasteiger partial charge in [0.05, 0.1) is 19.7 Å². The van der Waals surface area contributed by atoms with Crippen LogP contribution in [-0.2, 0) is 11.3 Å². The van der Waals surface area contributed by atoms with E-state index < -0.39 is 0 Å². The number of nitrogens with zero attached hydrogens (tertiary/aromatic N) is 1. The summed E-state index contributed by atoms with van der Waals surface area (Å²) >= 11 is 1.61. The van der Waals surface area contributed by atoms with Crippen LogP contribution in [0.25, 0.3) is 0 Å². The fraction of sp³-hybridized carbons (Fsp3) is 0.444. The van der Waals surface area contributed by atoms with Gasteiger partial charge in [0.2, 0.25) is 0 Å². The summed E-state index contributed by atoms with van der Waals surface area (Å²) in [6.07, 6.45) is -0.695. The SMILES string of the molecule is O=C1O[C@@H](CO)CN1Cc1cccs1. The number of thiophene rings is 1. The van der Waals surface area contributed by atoms with Crippen LogP contribution in [-0.4, -0.2) is 35.4 Å². The molecule has 4 nitrogen and oxygen atoms in total.